The number of nitrogens with zero attached hydrogens (tertiary/aromatic N) is 3. The van der Waals surface area contributed by atoms with Crippen molar-refractivity contribution >= 4 is 11.0 Å². The first-order chi connectivity index (χ1) is 11.8. The molecule has 1 saturated heterocycles. The minimum atomic E-state index is 0.700. The van der Waals surface area contributed by atoms with E-state index in [1.165, 1.54) is 18.4 Å². The molecule has 122 valence electrons. The van der Waals surface area contributed by atoms with Gasteiger partial charge < -0.3 is 0 Å². The molecule has 2 heterocycles. The fourth-order valence-corrected chi connectivity index (χ4v) is 3.64. The zero-order valence-electron chi connectivity index (χ0n) is 14.2. The van der Waals surface area contributed by atoms with E-state index in [9.17, 15) is 0 Å². The average Bonchev–Trinajstić information content (AvgIpc) is 2.64. The largest absolute Gasteiger partial charge is 0.297 e. The van der Waals surface area contributed by atoms with Crippen molar-refractivity contribution in [2.45, 2.75) is 32.2 Å². The van der Waals surface area contributed by atoms with Crippen molar-refractivity contribution in [3.63, 3.8) is 0 Å². The van der Waals surface area contributed by atoms with E-state index >= 15 is 0 Å². The summed E-state index contributed by atoms with van der Waals surface area (Å²) >= 11 is 0. The van der Waals surface area contributed by atoms with Crippen LogP contribution in [0.5, 0.6) is 0 Å². The van der Waals surface area contributed by atoms with E-state index in [1.807, 2.05) is 24.3 Å². The van der Waals surface area contributed by atoms with E-state index in [2.05, 4.69) is 42.2 Å². The summed E-state index contributed by atoms with van der Waals surface area (Å²) in [5.41, 5.74) is 5.64. The van der Waals surface area contributed by atoms with Crippen molar-refractivity contribution < 1.29 is 0 Å². The normalized spacial score (nSPS) is 16.5. The third-order valence-electron chi connectivity index (χ3n) is 5.07. The molecule has 3 heteroatoms. The van der Waals surface area contributed by atoms with E-state index in [0.29, 0.717) is 5.92 Å². The van der Waals surface area contributed by atoms with Crippen LogP contribution in [-0.2, 0) is 6.54 Å². The Hall–Kier alpha value is -2.26. The highest BCUT2D eigenvalue weighted by Gasteiger charge is 2.21. The van der Waals surface area contributed by atoms with Gasteiger partial charge in [-0.1, -0.05) is 42.5 Å². The van der Waals surface area contributed by atoms with Crippen LogP contribution in [0.15, 0.2) is 54.6 Å². The lowest BCUT2D eigenvalue weighted by Crippen LogP contribution is -2.33. The first-order valence-electron chi connectivity index (χ1n) is 8.79. The molecule has 0 unspecified atom stereocenters. The molecule has 4 rings (SSSR count). The molecule has 0 aliphatic carbocycles. The standard InChI is InChI=1S/C21H23N3/c1-16-21(23-20-10-6-5-9-19(20)22-16)15-24-13-11-18(12-14-24)17-7-3-2-4-8-17/h2-10,18H,11-15H2,1H3. The number of hydrogen-bond acceptors (Lipinski definition) is 3. The van der Waals surface area contributed by atoms with Crippen molar-refractivity contribution in [3.05, 3.63) is 71.5 Å². The number of likely N-dealkylation sites (tertiary alicyclic amines) is 1. The monoisotopic (exact) mass is 317 g/mol. The number of fused-ring (bicyclic) bond motifs is 1. The summed E-state index contributed by atoms with van der Waals surface area (Å²) in [7, 11) is 0. The van der Waals surface area contributed by atoms with E-state index < -0.39 is 0 Å². The minimum absolute atomic E-state index is 0.700. The minimum Gasteiger partial charge on any atom is -0.297 e. The van der Waals surface area contributed by atoms with Gasteiger partial charge in [0, 0.05) is 6.54 Å². The molecule has 24 heavy (non-hydrogen) atoms. The van der Waals surface area contributed by atoms with E-state index in [1.54, 1.807) is 0 Å². The van der Waals surface area contributed by atoms with Crippen LogP contribution in [0.4, 0.5) is 0 Å². The fraction of sp³-hybridized carbons (Fsp3) is 0.333. The summed E-state index contributed by atoms with van der Waals surface area (Å²) in [4.78, 5) is 12.1. The second-order valence-corrected chi connectivity index (χ2v) is 6.71. The number of aromatic nitrogens is 2. The van der Waals surface area contributed by atoms with Gasteiger partial charge in [0.05, 0.1) is 22.4 Å². The first kappa shape index (κ1) is 15.3. The lowest BCUT2D eigenvalue weighted by molar-refractivity contribution is 0.202. The van der Waals surface area contributed by atoms with Gasteiger partial charge in [0.1, 0.15) is 0 Å². The van der Waals surface area contributed by atoms with Gasteiger partial charge in [-0.2, -0.15) is 0 Å². The number of rotatable bonds is 3. The maximum absolute atomic E-state index is 4.84. The highest BCUT2D eigenvalue weighted by Crippen LogP contribution is 2.28. The molecule has 3 aromatic rings. The van der Waals surface area contributed by atoms with Crippen LogP contribution in [0.2, 0.25) is 0 Å². The molecule has 0 bridgehead atoms. The molecule has 1 aliphatic rings. The second kappa shape index (κ2) is 6.70. The quantitative estimate of drug-likeness (QED) is 0.720. The van der Waals surface area contributed by atoms with Crippen molar-refractivity contribution in [2.24, 2.45) is 0 Å². The molecule has 0 saturated carbocycles. The third kappa shape index (κ3) is 3.17. The molecule has 0 N–H and O–H groups in total. The summed E-state index contributed by atoms with van der Waals surface area (Å²) in [5, 5.41) is 0. The summed E-state index contributed by atoms with van der Waals surface area (Å²) in [6.45, 7) is 5.25. The summed E-state index contributed by atoms with van der Waals surface area (Å²) < 4.78 is 0. The third-order valence-corrected chi connectivity index (χ3v) is 5.07. The van der Waals surface area contributed by atoms with Crippen molar-refractivity contribution in [1.29, 1.82) is 0 Å². The summed E-state index contributed by atoms with van der Waals surface area (Å²) in [5.74, 6) is 0.700. The molecular weight excluding hydrogens is 294 g/mol. The highest BCUT2D eigenvalue weighted by atomic mass is 15.1. The van der Waals surface area contributed by atoms with Crippen LogP contribution in [0.25, 0.3) is 11.0 Å². The Morgan fingerprint density at radius 1 is 0.875 bits per heavy atom. The predicted molar refractivity (Wildman–Crippen MR) is 98.0 cm³/mol. The van der Waals surface area contributed by atoms with Crippen LogP contribution in [-0.4, -0.2) is 28.0 Å². The second-order valence-electron chi connectivity index (χ2n) is 6.71. The fourth-order valence-electron chi connectivity index (χ4n) is 3.64. The molecule has 2 aromatic carbocycles. The summed E-state index contributed by atoms with van der Waals surface area (Å²) in [6.07, 6.45) is 2.45. The highest BCUT2D eigenvalue weighted by molar-refractivity contribution is 5.74. The molecule has 0 atom stereocenters. The SMILES string of the molecule is Cc1nc2ccccc2nc1CN1CCC(c2ccccc2)CC1. The predicted octanol–water partition coefficient (Wildman–Crippen LogP) is 4.32. The van der Waals surface area contributed by atoms with Crippen molar-refractivity contribution in [2.75, 3.05) is 13.1 Å². The Bertz CT molecular complexity index is 821. The van der Waals surface area contributed by atoms with E-state index in [4.69, 9.17) is 9.97 Å². The van der Waals surface area contributed by atoms with Crippen LogP contribution in [0.3, 0.4) is 0 Å². The molecular formula is C21H23N3. The first-order valence-corrected chi connectivity index (χ1v) is 8.79. The molecule has 1 aliphatic heterocycles. The van der Waals surface area contributed by atoms with Gasteiger partial charge in [-0.15, -0.1) is 0 Å². The number of benzene rings is 2. The molecule has 1 fully saturated rings. The van der Waals surface area contributed by atoms with Crippen LogP contribution in [0.1, 0.15) is 35.7 Å². The number of hydrogen-bond donors (Lipinski definition) is 0. The number of piperidine rings is 1. The van der Waals surface area contributed by atoms with Gasteiger partial charge >= 0.3 is 0 Å². The van der Waals surface area contributed by atoms with Gasteiger partial charge in [-0.3, -0.25) is 4.90 Å². The lowest BCUT2D eigenvalue weighted by atomic mass is 9.89. The maximum Gasteiger partial charge on any atom is 0.0890 e. The average molecular weight is 317 g/mol. The Labute approximate surface area is 143 Å². The Balaban J connectivity index is 1.45. The van der Waals surface area contributed by atoms with Gasteiger partial charge in [0.2, 0.25) is 0 Å². The van der Waals surface area contributed by atoms with Gasteiger partial charge in [-0.05, 0) is 56.5 Å². The van der Waals surface area contributed by atoms with Crippen molar-refractivity contribution in [3.8, 4) is 0 Å². The van der Waals surface area contributed by atoms with E-state index in [0.717, 1.165) is 42.1 Å². The van der Waals surface area contributed by atoms with E-state index in [-0.39, 0.29) is 0 Å². The Morgan fingerprint density at radius 2 is 1.50 bits per heavy atom. The molecule has 3 nitrogen and oxygen atoms in total. The van der Waals surface area contributed by atoms with Gasteiger partial charge in [-0.25, -0.2) is 9.97 Å². The van der Waals surface area contributed by atoms with Crippen LogP contribution >= 0.6 is 0 Å². The molecule has 0 radical (unpaired) electrons. The zero-order chi connectivity index (χ0) is 16.4. The number of para-hydroxylation sites is 2. The smallest absolute Gasteiger partial charge is 0.0890 e. The maximum atomic E-state index is 4.84. The van der Waals surface area contributed by atoms with Crippen molar-refractivity contribution in [1.82, 2.24) is 14.9 Å². The number of aryl methyl sites for hydroxylation is 1. The van der Waals surface area contributed by atoms with Crippen LogP contribution < -0.4 is 0 Å². The topological polar surface area (TPSA) is 29.0 Å². The zero-order valence-corrected chi connectivity index (χ0v) is 14.2. The van der Waals surface area contributed by atoms with Gasteiger partial charge in [0.15, 0.2) is 0 Å². The lowest BCUT2D eigenvalue weighted by Gasteiger charge is -2.32. The van der Waals surface area contributed by atoms with Gasteiger partial charge in [0.25, 0.3) is 0 Å². The Kier molecular flexibility index (Phi) is 4.26. The Morgan fingerprint density at radius 3 is 2.21 bits per heavy atom. The van der Waals surface area contributed by atoms with Crippen LogP contribution in [0, 0.1) is 6.92 Å². The molecule has 0 amide bonds. The summed E-state index contributed by atoms with van der Waals surface area (Å²) in [6, 6.07) is 19.0. The molecule has 1 aromatic heterocycles. The molecule has 0 spiro atoms.